The number of hydrogen-bond donors (Lipinski definition) is 0. The van der Waals surface area contributed by atoms with Crippen LogP contribution in [0.1, 0.15) is 89.5 Å². The lowest BCUT2D eigenvalue weighted by Crippen LogP contribution is -2.25. The second-order valence-corrected chi connectivity index (χ2v) is 7.97. The van der Waals surface area contributed by atoms with Crippen molar-refractivity contribution in [3.05, 3.63) is 29.8 Å². The number of aryl methyl sites for hydroxylation is 1. The van der Waals surface area contributed by atoms with Gasteiger partial charge in [0.1, 0.15) is 5.75 Å². The summed E-state index contributed by atoms with van der Waals surface area (Å²) in [6.07, 6.45) is 15.0. The van der Waals surface area contributed by atoms with Crippen LogP contribution in [0.2, 0.25) is 0 Å². The van der Waals surface area contributed by atoms with Crippen LogP contribution in [0.15, 0.2) is 24.3 Å². The number of carbonyl (C=O) groups excluding carboxylic acids is 1. The minimum atomic E-state index is -0.137. The Bertz CT molecular complexity index is 579. The van der Waals surface area contributed by atoms with Gasteiger partial charge in [0.05, 0.1) is 12.0 Å². The maximum atomic E-state index is 12.3. The molecule has 1 aromatic rings. The number of rotatable bonds is 11. The van der Waals surface area contributed by atoms with E-state index in [1.165, 1.54) is 56.9 Å². The fraction of sp³-hybridized carbons (Fsp3) is 0.667. The molecule has 0 atom stereocenters. The summed E-state index contributed by atoms with van der Waals surface area (Å²) >= 11 is 0. The van der Waals surface area contributed by atoms with Gasteiger partial charge in [-0.15, -0.1) is 0 Å². The zero-order valence-electron chi connectivity index (χ0n) is 16.9. The van der Waals surface area contributed by atoms with Crippen molar-refractivity contribution in [3.63, 3.8) is 0 Å². The van der Waals surface area contributed by atoms with Gasteiger partial charge in [0, 0.05) is 5.92 Å². The van der Waals surface area contributed by atoms with Gasteiger partial charge in [0.25, 0.3) is 0 Å². The van der Waals surface area contributed by atoms with Gasteiger partial charge in [-0.1, -0.05) is 64.0 Å². The van der Waals surface area contributed by atoms with Gasteiger partial charge in [-0.25, -0.2) is 0 Å². The van der Waals surface area contributed by atoms with E-state index in [4.69, 9.17) is 10.00 Å². The predicted molar refractivity (Wildman–Crippen MR) is 109 cm³/mol. The highest BCUT2D eigenvalue weighted by Gasteiger charge is 2.27. The summed E-state index contributed by atoms with van der Waals surface area (Å²) in [6, 6.07) is 10.3. The van der Waals surface area contributed by atoms with Crippen LogP contribution in [-0.4, -0.2) is 5.97 Å². The summed E-state index contributed by atoms with van der Waals surface area (Å²) in [6.45, 7) is 2.26. The highest BCUT2D eigenvalue weighted by atomic mass is 16.5. The third-order valence-corrected chi connectivity index (χ3v) is 5.70. The summed E-state index contributed by atoms with van der Waals surface area (Å²) in [4.78, 5) is 12.3. The molecular weight excluding hydrogens is 334 g/mol. The summed E-state index contributed by atoms with van der Waals surface area (Å²) in [5.74, 6) is 0.570. The molecule has 0 spiro atoms. The number of esters is 1. The van der Waals surface area contributed by atoms with Gasteiger partial charge in [-0.3, -0.25) is 4.79 Å². The van der Waals surface area contributed by atoms with Crippen LogP contribution >= 0.6 is 0 Å². The van der Waals surface area contributed by atoms with Crippen molar-refractivity contribution in [2.75, 3.05) is 0 Å². The van der Waals surface area contributed by atoms with E-state index >= 15 is 0 Å². The minimum Gasteiger partial charge on any atom is -0.426 e. The molecule has 1 saturated carbocycles. The highest BCUT2D eigenvalue weighted by Crippen LogP contribution is 2.29. The number of nitrogens with zero attached hydrogens (tertiary/aromatic N) is 1. The van der Waals surface area contributed by atoms with Crippen LogP contribution in [-0.2, 0) is 11.2 Å². The highest BCUT2D eigenvalue weighted by molar-refractivity contribution is 5.75. The van der Waals surface area contributed by atoms with Gasteiger partial charge in [0.15, 0.2) is 0 Å². The van der Waals surface area contributed by atoms with Crippen LogP contribution in [0.5, 0.6) is 5.75 Å². The molecule has 0 aliphatic heterocycles. The molecule has 3 heteroatoms. The second-order valence-electron chi connectivity index (χ2n) is 7.97. The predicted octanol–water partition coefficient (Wildman–Crippen LogP) is 6.61. The number of hydrogen-bond acceptors (Lipinski definition) is 3. The molecule has 0 saturated heterocycles. The van der Waals surface area contributed by atoms with Crippen molar-refractivity contribution in [1.82, 2.24) is 0 Å². The smallest absolute Gasteiger partial charge is 0.314 e. The first-order valence-corrected chi connectivity index (χ1v) is 10.9. The Balaban J connectivity index is 1.62. The average Bonchev–Trinajstić information content (AvgIpc) is 2.71. The van der Waals surface area contributed by atoms with Crippen molar-refractivity contribution in [3.8, 4) is 11.8 Å². The minimum absolute atomic E-state index is 0.0494. The lowest BCUT2D eigenvalue weighted by molar-refractivity contribution is -0.140. The van der Waals surface area contributed by atoms with E-state index < -0.39 is 0 Å². The lowest BCUT2D eigenvalue weighted by Gasteiger charge is -2.23. The molecule has 0 amide bonds. The fourth-order valence-electron chi connectivity index (χ4n) is 3.84. The second kappa shape index (κ2) is 12.5. The molecule has 1 aromatic carbocycles. The fourth-order valence-corrected chi connectivity index (χ4v) is 3.84. The maximum absolute atomic E-state index is 12.3. The topological polar surface area (TPSA) is 50.1 Å². The summed E-state index contributed by atoms with van der Waals surface area (Å²) in [7, 11) is 0. The van der Waals surface area contributed by atoms with Crippen molar-refractivity contribution >= 4 is 5.97 Å². The third-order valence-electron chi connectivity index (χ3n) is 5.70. The molecule has 0 aromatic heterocycles. The van der Waals surface area contributed by atoms with E-state index in [9.17, 15) is 4.79 Å². The molecule has 0 N–H and O–H groups in total. The first-order valence-electron chi connectivity index (χ1n) is 10.9. The molecule has 1 aliphatic carbocycles. The Labute approximate surface area is 165 Å². The van der Waals surface area contributed by atoms with Gasteiger partial charge in [-0.2, -0.15) is 5.26 Å². The van der Waals surface area contributed by atoms with E-state index in [1.54, 1.807) is 0 Å². The van der Waals surface area contributed by atoms with Crippen molar-refractivity contribution in [2.24, 2.45) is 11.8 Å². The number of unbranched alkanes of at least 4 members (excludes halogenated alkanes) is 7. The van der Waals surface area contributed by atoms with E-state index in [0.29, 0.717) is 5.75 Å². The van der Waals surface area contributed by atoms with Crippen LogP contribution < -0.4 is 4.74 Å². The molecule has 2 rings (SSSR count). The van der Waals surface area contributed by atoms with Gasteiger partial charge >= 0.3 is 5.97 Å². The molecule has 0 radical (unpaired) electrons. The molecule has 0 heterocycles. The monoisotopic (exact) mass is 369 g/mol. The molecule has 1 fully saturated rings. The van der Waals surface area contributed by atoms with Crippen LogP contribution in [0.4, 0.5) is 0 Å². The van der Waals surface area contributed by atoms with E-state index in [0.717, 1.165) is 32.1 Å². The van der Waals surface area contributed by atoms with Crippen molar-refractivity contribution < 1.29 is 9.53 Å². The zero-order valence-corrected chi connectivity index (χ0v) is 16.9. The number of ether oxygens (including phenoxy) is 1. The Morgan fingerprint density at radius 3 is 2.15 bits per heavy atom. The van der Waals surface area contributed by atoms with Crippen LogP contribution in [0.25, 0.3) is 0 Å². The molecule has 148 valence electrons. The third kappa shape index (κ3) is 8.16. The molecule has 0 unspecified atom stereocenters. The summed E-state index contributed by atoms with van der Waals surface area (Å²) in [5.41, 5.74) is 1.32. The van der Waals surface area contributed by atoms with Crippen LogP contribution in [0, 0.1) is 23.2 Å². The van der Waals surface area contributed by atoms with Crippen molar-refractivity contribution in [2.45, 2.75) is 90.4 Å². The molecule has 3 nitrogen and oxygen atoms in total. The van der Waals surface area contributed by atoms with Crippen molar-refractivity contribution in [1.29, 1.82) is 5.26 Å². The van der Waals surface area contributed by atoms with E-state index in [1.807, 2.05) is 12.1 Å². The first-order chi connectivity index (χ1) is 13.2. The Hall–Kier alpha value is -1.82. The zero-order chi connectivity index (χ0) is 19.3. The average molecular weight is 370 g/mol. The molecular formula is C24H35NO2. The van der Waals surface area contributed by atoms with Gasteiger partial charge in [-0.05, 0) is 56.2 Å². The Kier molecular flexibility index (Phi) is 9.98. The lowest BCUT2D eigenvalue weighted by atomic mass is 9.83. The molecule has 27 heavy (non-hydrogen) atoms. The van der Waals surface area contributed by atoms with Gasteiger partial charge < -0.3 is 4.74 Å². The SMILES string of the molecule is CCCCCCCCCCc1ccc(OC(=O)[C@H]2CC[C@H](C#N)CC2)cc1. The Morgan fingerprint density at radius 2 is 1.56 bits per heavy atom. The number of nitriles is 1. The molecule has 0 bridgehead atoms. The van der Waals surface area contributed by atoms with E-state index in [2.05, 4.69) is 25.1 Å². The number of carbonyl (C=O) groups is 1. The number of benzene rings is 1. The maximum Gasteiger partial charge on any atom is 0.314 e. The van der Waals surface area contributed by atoms with E-state index in [-0.39, 0.29) is 17.8 Å². The standard InChI is InChI=1S/C24H35NO2/c1-2-3-4-5-6-7-8-9-10-20-13-17-23(18-14-20)27-24(26)22-15-11-21(19-25)12-16-22/h13-14,17-18,21-22H,2-12,15-16H2,1H3/t21-,22-. The molecule has 1 aliphatic rings. The van der Waals surface area contributed by atoms with Gasteiger partial charge in [0.2, 0.25) is 0 Å². The quantitative estimate of drug-likeness (QED) is 0.251. The van der Waals surface area contributed by atoms with Crippen LogP contribution in [0.3, 0.4) is 0 Å². The Morgan fingerprint density at radius 1 is 0.963 bits per heavy atom. The summed E-state index contributed by atoms with van der Waals surface area (Å²) < 4.78 is 5.55. The first kappa shape index (κ1) is 21.5. The summed E-state index contributed by atoms with van der Waals surface area (Å²) in [5, 5.41) is 8.95. The largest absolute Gasteiger partial charge is 0.426 e. The normalized spacial score (nSPS) is 19.4.